The molecule has 5 heteroatoms. The summed E-state index contributed by atoms with van der Waals surface area (Å²) in [5.74, 6) is 0. The van der Waals surface area contributed by atoms with E-state index in [-0.39, 0.29) is 5.56 Å². The van der Waals surface area contributed by atoms with E-state index in [0.29, 0.717) is 6.54 Å². The molecule has 0 saturated carbocycles. The van der Waals surface area contributed by atoms with Crippen LogP contribution in [0.1, 0.15) is 27.2 Å². The van der Waals surface area contributed by atoms with Gasteiger partial charge in [-0.25, -0.2) is 4.68 Å². The van der Waals surface area contributed by atoms with Crippen molar-refractivity contribution in [3.8, 4) is 0 Å². The van der Waals surface area contributed by atoms with Crippen LogP contribution in [0.2, 0.25) is 0 Å². The Labute approximate surface area is 109 Å². The summed E-state index contributed by atoms with van der Waals surface area (Å²) in [5, 5.41) is 7.46. The second-order valence-corrected chi connectivity index (χ2v) is 4.15. The molecular formula is C13H24N4O. The summed E-state index contributed by atoms with van der Waals surface area (Å²) < 4.78 is 1.53. The molecule has 0 aromatic carbocycles. The van der Waals surface area contributed by atoms with Gasteiger partial charge in [0.15, 0.2) is 0 Å². The fraction of sp³-hybridized carbons (Fsp3) is 0.692. The summed E-state index contributed by atoms with van der Waals surface area (Å²) >= 11 is 0. The highest BCUT2D eigenvalue weighted by molar-refractivity contribution is 5.42. The van der Waals surface area contributed by atoms with Gasteiger partial charge < -0.3 is 10.2 Å². The average molecular weight is 252 g/mol. The van der Waals surface area contributed by atoms with Crippen molar-refractivity contribution in [2.45, 2.75) is 33.7 Å². The monoisotopic (exact) mass is 252 g/mol. The Hall–Kier alpha value is -1.36. The van der Waals surface area contributed by atoms with Gasteiger partial charge in [0.05, 0.1) is 11.9 Å². The first-order valence-electron chi connectivity index (χ1n) is 6.75. The van der Waals surface area contributed by atoms with E-state index in [2.05, 4.69) is 36.1 Å². The number of rotatable bonds is 8. The predicted molar refractivity (Wildman–Crippen MR) is 75.2 cm³/mol. The van der Waals surface area contributed by atoms with E-state index in [4.69, 9.17) is 0 Å². The molecule has 1 aromatic rings. The zero-order valence-corrected chi connectivity index (χ0v) is 11.6. The van der Waals surface area contributed by atoms with Crippen molar-refractivity contribution in [3.05, 3.63) is 22.6 Å². The standard InChI is InChI=1S/C13H24N4O/c1-4-14-8-7-9-17-13(18)10-12(11-15-17)16(5-2)6-3/h10-11,14H,4-9H2,1-3H3. The molecule has 1 aromatic heterocycles. The van der Waals surface area contributed by atoms with Crippen molar-refractivity contribution in [2.24, 2.45) is 0 Å². The van der Waals surface area contributed by atoms with E-state index in [1.54, 1.807) is 12.3 Å². The van der Waals surface area contributed by atoms with E-state index in [1.807, 2.05) is 0 Å². The van der Waals surface area contributed by atoms with Gasteiger partial charge in [0.2, 0.25) is 0 Å². The van der Waals surface area contributed by atoms with Crippen molar-refractivity contribution in [1.29, 1.82) is 0 Å². The van der Waals surface area contributed by atoms with Gasteiger partial charge in [0.25, 0.3) is 5.56 Å². The maximum Gasteiger partial charge on any atom is 0.268 e. The van der Waals surface area contributed by atoms with E-state index < -0.39 is 0 Å². The Morgan fingerprint density at radius 1 is 1.33 bits per heavy atom. The average Bonchev–Trinajstić information content (AvgIpc) is 2.38. The summed E-state index contributed by atoms with van der Waals surface area (Å²) in [6.07, 6.45) is 2.70. The van der Waals surface area contributed by atoms with Crippen LogP contribution in [-0.4, -0.2) is 36.0 Å². The number of hydrogen-bond acceptors (Lipinski definition) is 4. The van der Waals surface area contributed by atoms with Gasteiger partial charge in [0.1, 0.15) is 0 Å². The molecule has 0 radical (unpaired) electrons. The maximum atomic E-state index is 11.9. The summed E-state index contributed by atoms with van der Waals surface area (Å²) in [6.45, 7) is 10.6. The van der Waals surface area contributed by atoms with Crippen molar-refractivity contribution in [1.82, 2.24) is 15.1 Å². The molecule has 1 N–H and O–H groups in total. The molecule has 0 amide bonds. The molecule has 0 unspecified atom stereocenters. The summed E-state index contributed by atoms with van der Waals surface area (Å²) in [5.41, 5.74) is 0.892. The molecule has 0 aliphatic heterocycles. The van der Waals surface area contributed by atoms with Crippen molar-refractivity contribution in [2.75, 3.05) is 31.1 Å². The lowest BCUT2D eigenvalue weighted by atomic mass is 10.3. The largest absolute Gasteiger partial charge is 0.371 e. The highest BCUT2D eigenvalue weighted by atomic mass is 16.1. The van der Waals surface area contributed by atoms with E-state index in [9.17, 15) is 4.79 Å². The lowest BCUT2D eigenvalue weighted by molar-refractivity contribution is 0.527. The van der Waals surface area contributed by atoms with Crippen LogP contribution in [0.15, 0.2) is 17.1 Å². The molecule has 0 aliphatic rings. The quantitative estimate of drug-likeness (QED) is 0.704. The summed E-state index contributed by atoms with van der Waals surface area (Å²) in [7, 11) is 0. The van der Waals surface area contributed by atoms with Crippen LogP contribution >= 0.6 is 0 Å². The van der Waals surface area contributed by atoms with Crippen molar-refractivity contribution >= 4 is 5.69 Å². The minimum Gasteiger partial charge on any atom is -0.371 e. The van der Waals surface area contributed by atoms with Gasteiger partial charge in [-0.05, 0) is 33.4 Å². The highest BCUT2D eigenvalue weighted by Gasteiger charge is 2.05. The van der Waals surface area contributed by atoms with Gasteiger partial charge in [-0.3, -0.25) is 4.79 Å². The molecule has 5 nitrogen and oxygen atoms in total. The molecular weight excluding hydrogens is 228 g/mol. The van der Waals surface area contributed by atoms with Crippen LogP contribution in [0, 0.1) is 0 Å². The lowest BCUT2D eigenvalue weighted by Crippen LogP contribution is -2.28. The number of nitrogens with one attached hydrogen (secondary N) is 1. The van der Waals surface area contributed by atoms with Crippen LogP contribution < -0.4 is 15.8 Å². The minimum absolute atomic E-state index is 0.0177. The molecule has 0 saturated heterocycles. The number of hydrogen-bond donors (Lipinski definition) is 1. The molecule has 0 spiro atoms. The molecule has 18 heavy (non-hydrogen) atoms. The number of aryl methyl sites for hydroxylation is 1. The molecule has 0 fully saturated rings. The second kappa shape index (κ2) is 7.87. The number of anilines is 1. The van der Waals surface area contributed by atoms with Crippen molar-refractivity contribution < 1.29 is 0 Å². The van der Waals surface area contributed by atoms with Gasteiger partial charge in [-0.15, -0.1) is 0 Å². The number of aromatic nitrogens is 2. The third kappa shape index (κ3) is 4.14. The van der Waals surface area contributed by atoms with Crippen LogP contribution in [0.25, 0.3) is 0 Å². The Bertz CT molecular complexity index is 398. The molecule has 0 bridgehead atoms. The first-order valence-corrected chi connectivity index (χ1v) is 6.75. The fourth-order valence-electron chi connectivity index (χ4n) is 1.88. The van der Waals surface area contributed by atoms with Crippen molar-refractivity contribution in [3.63, 3.8) is 0 Å². The smallest absolute Gasteiger partial charge is 0.268 e. The first kappa shape index (κ1) is 14.7. The molecule has 102 valence electrons. The van der Waals surface area contributed by atoms with Crippen LogP contribution in [-0.2, 0) is 6.54 Å². The Balaban J connectivity index is 2.65. The SMILES string of the molecule is CCNCCCn1ncc(N(CC)CC)cc1=O. The van der Waals surface area contributed by atoms with E-state index >= 15 is 0 Å². The molecule has 1 heterocycles. The minimum atomic E-state index is -0.0177. The van der Waals surface area contributed by atoms with E-state index in [0.717, 1.165) is 38.3 Å². The van der Waals surface area contributed by atoms with E-state index in [1.165, 1.54) is 4.68 Å². The van der Waals surface area contributed by atoms with Gasteiger partial charge in [-0.1, -0.05) is 6.92 Å². The van der Waals surface area contributed by atoms with Crippen LogP contribution in [0.5, 0.6) is 0 Å². The Morgan fingerprint density at radius 2 is 2.06 bits per heavy atom. The third-order valence-electron chi connectivity index (χ3n) is 2.96. The first-order chi connectivity index (χ1) is 8.72. The van der Waals surface area contributed by atoms with Crippen LogP contribution in [0.3, 0.4) is 0 Å². The third-order valence-corrected chi connectivity index (χ3v) is 2.96. The van der Waals surface area contributed by atoms with Gasteiger partial charge in [-0.2, -0.15) is 5.10 Å². The fourth-order valence-corrected chi connectivity index (χ4v) is 1.88. The molecule has 0 aliphatic carbocycles. The van der Waals surface area contributed by atoms with Gasteiger partial charge >= 0.3 is 0 Å². The maximum absolute atomic E-state index is 11.9. The van der Waals surface area contributed by atoms with Gasteiger partial charge in [0, 0.05) is 25.7 Å². The lowest BCUT2D eigenvalue weighted by Gasteiger charge is -2.20. The zero-order chi connectivity index (χ0) is 13.4. The normalized spacial score (nSPS) is 10.6. The Kier molecular flexibility index (Phi) is 6.43. The second-order valence-electron chi connectivity index (χ2n) is 4.15. The predicted octanol–water partition coefficient (Wildman–Crippen LogP) is 1.09. The van der Waals surface area contributed by atoms with Crippen LogP contribution in [0.4, 0.5) is 5.69 Å². The summed E-state index contributed by atoms with van der Waals surface area (Å²) in [4.78, 5) is 14.0. The Morgan fingerprint density at radius 3 is 2.61 bits per heavy atom. The highest BCUT2D eigenvalue weighted by Crippen LogP contribution is 2.08. The molecule has 0 atom stereocenters. The summed E-state index contributed by atoms with van der Waals surface area (Å²) in [6, 6.07) is 1.67. The zero-order valence-electron chi connectivity index (χ0n) is 11.6. The topological polar surface area (TPSA) is 50.2 Å². The number of nitrogens with zero attached hydrogens (tertiary/aromatic N) is 3. The molecule has 1 rings (SSSR count).